The van der Waals surface area contributed by atoms with Gasteiger partial charge in [-0.2, -0.15) is 0 Å². The second kappa shape index (κ2) is 10.0. The van der Waals surface area contributed by atoms with Gasteiger partial charge in [0.05, 0.1) is 6.42 Å². The lowest BCUT2D eigenvalue weighted by Crippen LogP contribution is -2.36. The first kappa shape index (κ1) is 20.8. The van der Waals surface area contributed by atoms with Crippen molar-refractivity contribution in [2.75, 3.05) is 11.9 Å². The van der Waals surface area contributed by atoms with Crippen LogP contribution in [-0.2, 0) is 25.5 Å². The van der Waals surface area contributed by atoms with Gasteiger partial charge in [0.25, 0.3) is 5.91 Å². The van der Waals surface area contributed by atoms with Gasteiger partial charge in [-0.15, -0.1) is 0 Å². The molecule has 0 spiro atoms. The zero-order chi connectivity index (χ0) is 20.5. The molecule has 0 saturated heterocycles. The van der Waals surface area contributed by atoms with Gasteiger partial charge in [-0.3, -0.25) is 19.2 Å². The molecule has 7 heteroatoms. The monoisotopic (exact) mass is 382 g/mol. The Labute approximate surface area is 163 Å². The zero-order valence-electron chi connectivity index (χ0n) is 15.7. The predicted molar refractivity (Wildman–Crippen MR) is 104 cm³/mol. The molecule has 0 aliphatic rings. The van der Waals surface area contributed by atoms with Crippen LogP contribution in [0.25, 0.3) is 0 Å². The third kappa shape index (κ3) is 6.68. The molecule has 2 rings (SSSR count). The maximum absolute atomic E-state index is 12.1. The average Bonchev–Trinajstić information content (AvgIpc) is 2.67. The van der Waals surface area contributed by atoms with E-state index in [1.165, 1.54) is 13.8 Å². The van der Waals surface area contributed by atoms with Crippen LogP contribution in [0.1, 0.15) is 29.8 Å². The average molecular weight is 382 g/mol. The third-order valence-electron chi connectivity index (χ3n) is 3.87. The molecule has 2 amide bonds. The molecule has 0 aliphatic heterocycles. The Morgan fingerprint density at radius 1 is 0.964 bits per heavy atom. The molecular weight excluding hydrogens is 360 g/mol. The largest absolute Gasteiger partial charge is 0.451 e. The van der Waals surface area contributed by atoms with E-state index in [4.69, 9.17) is 4.74 Å². The molecule has 2 N–H and O–H groups in total. The highest BCUT2D eigenvalue weighted by Crippen LogP contribution is 2.11. The molecule has 0 aromatic heterocycles. The van der Waals surface area contributed by atoms with Gasteiger partial charge in [-0.25, -0.2) is 0 Å². The Morgan fingerprint density at radius 3 is 2.21 bits per heavy atom. The summed E-state index contributed by atoms with van der Waals surface area (Å²) in [5.74, 6) is -1.61. The van der Waals surface area contributed by atoms with Crippen LogP contribution in [0.3, 0.4) is 0 Å². The van der Waals surface area contributed by atoms with E-state index >= 15 is 0 Å². The minimum absolute atomic E-state index is 0.0745. The number of ether oxygens (including phenoxy) is 1. The van der Waals surface area contributed by atoms with Gasteiger partial charge in [-0.1, -0.05) is 30.3 Å². The number of amides is 2. The van der Waals surface area contributed by atoms with Gasteiger partial charge in [0.1, 0.15) is 6.54 Å². The summed E-state index contributed by atoms with van der Waals surface area (Å²) in [4.78, 5) is 47.0. The van der Waals surface area contributed by atoms with Crippen molar-refractivity contribution < 1.29 is 23.9 Å². The molecule has 0 bridgehead atoms. The molecule has 1 atom stereocenters. The van der Waals surface area contributed by atoms with Crippen LogP contribution >= 0.6 is 0 Å². The normalized spacial score (nSPS) is 11.2. The van der Waals surface area contributed by atoms with Crippen LogP contribution in [0.4, 0.5) is 5.69 Å². The van der Waals surface area contributed by atoms with E-state index in [0.29, 0.717) is 11.3 Å². The van der Waals surface area contributed by atoms with E-state index in [9.17, 15) is 19.2 Å². The standard InChI is InChI=1S/C21H22N2O5/c1-14(24)17-8-10-18(11-9-17)23-21(27)15(2)28-20(26)13-22-19(25)12-16-6-4-3-5-7-16/h3-11,15H,12-13H2,1-2H3,(H,22,25)(H,23,27)/t15-/m0/s1. The fraction of sp³-hybridized carbons (Fsp3) is 0.238. The SMILES string of the molecule is CC(=O)c1ccc(NC(=O)[C@H](C)OC(=O)CNC(=O)Cc2ccccc2)cc1. The van der Waals surface area contributed by atoms with E-state index in [-0.39, 0.29) is 24.7 Å². The van der Waals surface area contributed by atoms with Crippen LogP contribution < -0.4 is 10.6 Å². The molecule has 146 valence electrons. The Morgan fingerprint density at radius 2 is 1.61 bits per heavy atom. The van der Waals surface area contributed by atoms with E-state index in [1.54, 1.807) is 24.3 Å². The quantitative estimate of drug-likeness (QED) is 0.538. The number of hydrogen-bond acceptors (Lipinski definition) is 5. The molecule has 2 aromatic rings. The number of benzene rings is 2. The lowest BCUT2D eigenvalue weighted by Gasteiger charge is -2.14. The first-order chi connectivity index (χ1) is 13.3. The van der Waals surface area contributed by atoms with E-state index < -0.39 is 18.0 Å². The lowest BCUT2D eigenvalue weighted by atomic mass is 10.1. The van der Waals surface area contributed by atoms with Crippen molar-refractivity contribution in [3.05, 3.63) is 65.7 Å². The fourth-order valence-electron chi connectivity index (χ4n) is 2.34. The summed E-state index contributed by atoms with van der Waals surface area (Å²) in [7, 11) is 0. The van der Waals surface area contributed by atoms with Gasteiger partial charge in [0, 0.05) is 11.3 Å². The van der Waals surface area contributed by atoms with Gasteiger partial charge in [0.2, 0.25) is 5.91 Å². The molecule has 0 heterocycles. The van der Waals surface area contributed by atoms with Gasteiger partial charge < -0.3 is 15.4 Å². The number of hydrogen-bond donors (Lipinski definition) is 2. The van der Waals surface area contributed by atoms with Crippen molar-refractivity contribution in [1.82, 2.24) is 5.32 Å². The number of Topliss-reactive ketones (excluding diaryl/α,β-unsaturated/α-hetero) is 1. The summed E-state index contributed by atoms with van der Waals surface area (Å²) < 4.78 is 5.03. The highest BCUT2D eigenvalue weighted by molar-refractivity contribution is 5.97. The number of esters is 1. The number of carbonyl (C=O) groups is 4. The molecular formula is C21H22N2O5. The second-order valence-electron chi connectivity index (χ2n) is 6.19. The van der Waals surface area contributed by atoms with Crippen molar-refractivity contribution in [1.29, 1.82) is 0 Å². The number of ketones is 1. The first-order valence-electron chi connectivity index (χ1n) is 8.77. The van der Waals surface area contributed by atoms with Crippen LogP contribution in [0.5, 0.6) is 0 Å². The van der Waals surface area contributed by atoms with Crippen molar-refractivity contribution in [2.45, 2.75) is 26.4 Å². The highest BCUT2D eigenvalue weighted by atomic mass is 16.5. The molecule has 28 heavy (non-hydrogen) atoms. The number of nitrogens with one attached hydrogen (secondary N) is 2. The van der Waals surface area contributed by atoms with Crippen molar-refractivity contribution in [2.24, 2.45) is 0 Å². The summed E-state index contributed by atoms with van der Waals surface area (Å²) in [6.07, 6.45) is -0.883. The number of carbonyl (C=O) groups excluding carboxylic acids is 4. The highest BCUT2D eigenvalue weighted by Gasteiger charge is 2.18. The summed E-state index contributed by atoms with van der Waals surface area (Å²) in [6, 6.07) is 15.5. The number of anilines is 1. The van der Waals surface area contributed by atoms with Gasteiger partial charge in [0.15, 0.2) is 11.9 Å². The topological polar surface area (TPSA) is 102 Å². The summed E-state index contributed by atoms with van der Waals surface area (Å²) >= 11 is 0. The summed E-state index contributed by atoms with van der Waals surface area (Å²) in [5, 5.41) is 5.06. The third-order valence-corrected chi connectivity index (χ3v) is 3.87. The van der Waals surface area contributed by atoms with E-state index in [2.05, 4.69) is 10.6 Å². The molecule has 0 aliphatic carbocycles. The van der Waals surface area contributed by atoms with Crippen molar-refractivity contribution in [3.8, 4) is 0 Å². The Hall–Kier alpha value is -3.48. The van der Waals surface area contributed by atoms with E-state index in [0.717, 1.165) is 5.56 Å². The minimum atomic E-state index is -1.04. The molecule has 0 unspecified atom stereocenters. The van der Waals surface area contributed by atoms with Crippen LogP contribution in [0.15, 0.2) is 54.6 Å². The van der Waals surface area contributed by atoms with Crippen molar-refractivity contribution in [3.63, 3.8) is 0 Å². The van der Waals surface area contributed by atoms with Gasteiger partial charge in [-0.05, 0) is 43.7 Å². The summed E-state index contributed by atoms with van der Waals surface area (Å²) in [6.45, 7) is 2.56. The summed E-state index contributed by atoms with van der Waals surface area (Å²) in [5.41, 5.74) is 1.84. The molecule has 0 fully saturated rings. The second-order valence-corrected chi connectivity index (χ2v) is 6.19. The Bertz CT molecular complexity index is 847. The molecule has 2 aromatic carbocycles. The molecule has 7 nitrogen and oxygen atoms in total. The van der Waals surface area contributed by atoms with Gasteiger partial charge >= 0.3 is 5.97 Å². The van der Waals surface area contributed by atoms with E-state index in [1.807, 2.05) is 30.3 Å². The minimum Gasteiger partial charge on any atom is -0.451 e. The lowest BCUT2D eigenvalue weighted by molar-refractivity contribution is -0.152. The molecule has 0 saturated carbocycles. The van der Waals surface area contributed by atoms with Crippen LogP contribution in [-0.4, -0.2) is 36.2 Å². The first-order valence-corrected chi connectivity index (χ1v) is 8.77. The smallest absolute Gasteiger partial charge is 0.326 e. The van der Waals surface area contributed by atoms with Crippen LogP contribution in [0.2, 0.25) is 0 Å². The maximum atomic E-state index is 12.1. The molecule has 0 radical (unpaired) electrons. The Balaban J connectivity index is 1.75. The van der Waals surface area contributed by atoms with Crippen molar-refractivity contribution >= 4 is 29.3 Å². The zero-order valence-corrected chi connectivity index (χ0v) is 15.7. The number of rotatable bonds is 8. The van der Waals surface area contributed by atoms with Crippen LogP contribution in [0, 0.1) is 0 Å². The predicted octanol–water partition coefficient (Wildman–Crippen LogP) is 2.12. The maximum Gasteiger partial charge on any atom is 0.326 e. The fourth-order valence-corrected chi connectivity index (χ4v) is 2.34. The Kier molecular flexibility index (Phi) is 7.45.